The Bertz CT molecular complexity index is 1110. The number of benzene rings is 3. The number of rotatable bonds is 5. The molecule has 2 atom stereocenters. The first-order valence-corrected chi connectivity index (χ1v) is 11.8. The van der Waals surface area contributed by atoms with Gasteiger partial charge < -0.3 is 4.90 Å². The molecule has 0 bridgehead atoms. The fourth-order valence-electron chi connectivity index (χ4n) is 4.54. The van der Waals surface area contributed by atoms with Gasteiger partial charge in [-0.05, 0) is 60.0 Å². The zero-order valence-electron chi connectivity index (χ0n) is 17.8. The van der Waals surface area contributed by atoms with E-state index in [1.807, 2.05) is 36.4 Å². The molecule has 0 aromatic heterocycles. The third kappa shape index (κ3) is 4.90. The highest BCUT2D eigenvalue weighted by molar-refractivity contribution is 6.36. The Morgan fingerprint density at radius 3 is 2.25 bits per heavy atom. The SMILES string of the molecule is CC[C@@H](c1ccc(C#N)cc1)N1CCN(c2ccc(Cl)cc2Cl)[C@H](c2ccc(Cl)cc2)C1. The summed E-state index contributed by atoms with van der Waals surface area (Å²) in [6.07, 6.45) is 0.987. The highest BCUT2D eigenvalue weighted by atomic mass is 35.5. The maximum Gasteiger partial charge on any atom is 0.0991 e. The second-order valence-corrected chi connectivity index (χ2v) is 9.29. The maximum absolute atomic E-state index is 9.14. The predicted molar refractivity (Wildman–Crippen MR) is 134 cm³/mol. The van der Waals surface area contributed by atoms with Gasteiger partial charge in [0.2, 0.25) is 0 Å². The van der Waals surface area contributed by atoms with Crippen molar-refractivity contribution in [2.75, 3.05) is 24.5 Å². The number of anilines is 1. The van der Waals surface area contributed by atoms with Gasteiger partial charge in [-0.15, -0.1) is 0 Å². The van der Waals surface area contributed by atoms with Gasteiger partial charge in [-0.25, -0.2) is 0 Å². The van der Waals surface area contributed by atoms with E-state index in [9.17, 15) is 0 Å². The summed E-state index contributed by atoms with van der Waals surface area (Å²) < 4.78 is 0. The molecule has 3 aromatic rings. The van der Waals surface area contributed by atoms with Crippen LogP contribution in [0.15, 0.2) is 66.7 Å². The van der Waals surface area contributed by atoms with Gasteiger partial charge in [-0.3, -0.25) is 4.90 Å². The molecule has 0 aliphatic carbocycles. The first-order valence-electron chi connectivity index (χ1n) is 10.7. The van der Waals surface area contributed by atoms with Crippen LogP contribution in [0, 0.1) is 11.3 Å². The average Bonchev–Trinajstić information content (AvgIpc) is 2.81. The van der Waals surface area contributed by atoms with Gasteiger partial charge in [0.05, 0.1) is 28.4 Å². The molecule has 4 rings (SSSR count). The van der Waals surface area contributed by atoms with Gasteiger partial charge in [0.25, 0.3) is 0 Å². The molecule has 1 saturated heterocycles. The van der Waals surface area contributed by atoms with E-state index < -0.39 is 0 Å². The molecular weight excluding hydrogens is 461 g/mol. The van der Waals surface area contributed by atoms with E-state index in [0.717, 1.165) is 36.8 Å². The van der Waals surface area contributed by atoms with Gasteiger partial charge in [0.1, 0.15) is 0 Å². The van der Waals surface area contributed by atoms with Crippen LogP contribution in [0.1, 0.15) is 42.1 Å². The molecule has 0 saturated carbocycles. The molecule has 0 amide bonds. The summed E-state index contributed by atoms with van der Waals surface area (Å²) in [7, 11) is 0. The minimum Gasteiger partial charge on any atom is -0.361 e. The minimum absolute atomic E-state index is 0.118. The summed E-state index contributed by atoms with van der Waals surface area (Å²) in [6, 6.07) is 24.3. The lowest BCUT2D eigenvalue weighted by Crippen LogP contribution is -2.49. The zero-order valence-corrected chi connectivity index (χ0v) is 20.1. The molecule has 0 spiro atoms. The standard InChI is InChI=1S/C26H24Cl3N3/c1-2-24(19-5-3-18(16-30)4-6-19)31-13-14-32(25-12-11-22(28)15-23(25)29)26(17-31)20-7-9-21(27)10-8-20/h3-12,15,24,26H,2,13-14,17H2,1H3/t24-,26-/m0/s1. The summed E-state index contributed by atoms with van der Waals surface area (Å²) in [4.78, 5) is 4.89. The fourth-order valence-corrected chi connectivity index (χ4v) is 5.19. The second kappa shape index (κ2) is 10.1. The first kappa shape index (κ1) is 23.0. The molecule has 6 heteroatoms. The highest BCUT2D eigenvalue weighted by Crippen LogP contribution is 2.39. The van der Waals surface area contributed by atoms with Crippen LogP contribution in [0.25, 0.3) is 0 Å². The van der Waals surface area contributed by atoms with Crippen LogP contribution in [0.4, 0.5) is 5.69 Å². The van der Waals surface area contributed by atoms with Crippen molar-refractivity contribution in [3.63, 3.8) is 0 Å². The van der Waals surface area contributed by atoms with Gasteiger partial charge in [0.15, 0.2) is 0 Å². The Kier molecular flexibility index (Phi) is 7.28. The van der Waals surface area contributed by atoms with Gasteiger partial charge >= 0.3 is 0 Å². The van der Waals surface area contributed by atoms with Gasteiger partial charge in [-0.1, -0.05) is 66.0 Å². The third-order valence-electron chi connectivity index (χ3n) is 6.14. The largest absolute Gasteiger partial charge is 0.361 e. The van der Waals surface area contributed by atoms with Crippen molar-refractivity contribution in [3.8, 4) is 6.07 Å². The number of piperazine rings is 1. The zero-order chi connectivity index (χ0) is 22.7. The Balaban J connectivity index is 1.67. The van der Waals surface area contributed by atoms with Gasteiger partial charge in [-0.2, -0.15) is 5.26 Å². The number of nitrogens with zero attached hydrogens (tertiary/aromatic N) is 3. The Hall–Kier alpha value is -2.22. The van der Waals surface area contributed by atoms with Crippen molar-refractivity contribution in [1.29, 1.82) is 5.26 Å². The lowest BCUT2D eigenvalue weighted by atomic mass is 9.96. The minimum atomic E-state index is 0.118. The molecule has 164 valence electrons. The topological polar surface area (TPSA) is 30.3 Å². The summed E-state index contributed by atoms with van der Waals surface area (Å²) in [5.41, 5.74) is 4.10. The van der Waals surface area contributed by atoms with Crippen molar-refractivity contribution in [1.82, 2.24) is 4.90 Å². The van der Waals surface area contributed by atoms with E-state index in [1.54, 1.807) is 6.07 Å². The molecule has 1 aliphatic rings. The van der Waals surface area contributed by atoms with Crippen LogP contribution >= 0.6 is 34.8 Å². The van der Waals surface area contributed by atoms with Crippen LogP contribution in [0.2, 0.25) is 15.1 Å². The maximum atomic E-state index is 9.14. The normalized spacial score (nSPS) is 17.7. The van der Waals surface area contributed by atoms with E-state index in [4.69, 9.17) is 40.1 Å². The number of hydrogen-bond donors (Lipinski definition) is 0. The lowest BCUT2D eigenvalue weighted by Gasteiger charge is -2.46. The molecule has 1 fully saturated rings. The first-order chi connectivity index (χ1) is 15.5. The van der Waals surface area contributed by atoms with Crippen LogP contribution in [0.5, 0.6) is 0 Å². The van der Waals surface area contributed by atoms with Crippen molar-refractivity contribution in [2.45, 2.75) is 25.4 Å². The van der Waals surface area contributed by atoms with E-state index in [0.29, 0.717) is 15.6 Å². The monoisotopic (exact) mass is 483 g/mol. The summed E-state index contributed by atoms with van der Waals surface area (Å²) in [5.74, 6) is 0. The molecule has 0 radical (unpaired) electrons. The number of hydrogen-bond acceptors (Lipinski definition) is 3. The number of nitriles is 1. The molecule has 32 heavy (non-hydrogen) atoms. The van der Waals surface area contributed by atoms with Crippen LogP contribution in [0.3, 0.4) is 0 Å². The average molecular weight is 485 g/mol. The fraction of sp³-hybridized carbons (Fsp3) is 0.269. The van der Waals surface area contributed by atoms with Crippen LogP contribution in [-0.4, -0.2) is 24.5 Å². The summed E-state index contributed by atoms with van der Waals surface area (Å²) in [5, 5.41) is 11.1. The van der Waals surface area contributed by atoms with E-state index >= 15 is 0 Å². The summed E-state index contributed by atoms with van der Waals surface area (Å²) >= 11 is 18.9. The van der Waals surface area contributed by atoms with Crippen LogP contribution < -0.4 is 4.90 Å². The van der Waals surface area contributed by atoms with E-state index in [-0.39, 0.29) is 12.1 Å². The van der Waals surface area contributed by atoms with Crippen LogP contribution in [-0.2, 0) is 0 Å². The molecule has 1 aliphatic heterocycles. The molecule has 1 heterocycles. The molecule has 3 aromatic carbocycles. The number of halogens is 3. The van der Waals surface area contributed by atoms with Crippen molar-refractivity contribution in [2.24, 2.45) is 0 Å². The Morgan fingerprint density at radius 2 is 1.62 bits per heavy atom. The van der Waals surface area contributed by atoms with Crippen molar-refractivity contribution in [3.05, 3.63) is 98.5 Å². The predicted octanol–water partition coefficient (Wildman–Crippen LogP) is 7.53. The molecule has 3 nitrogen and oxygen atoms in total. The smallest absolute Gasteiger partial charge is 0.0991 e. The second-order valence-electron chi connectivity index (χ2n) is 8.01. The Morgan fingerprint density at radius 1 is 0.938 bits per heavy atom. The Labute approximate surface area is 204 Å². The highest BCUT2D eigenvalue weighted by Gasteiger charge is 2.33. The molecule has 0 N–H and O–H groups in total. The van der Waals surface area contributed by atoms with E-state index in [2.05, 4.69) is 47.1 Å². The van der Waals surface area contributed by atoms with Crippen molar-refractivity contribution < 1.29 is 0 Å². The van der Waals surface area contributed by atoms with E-state index in [1.165, 1.54) is 11.1 Å². The molecule has 0 unspecified atom stereocenters. The third-order valence-corrected chi connectivity index (χ3v) is 6.93. The van der Waals surface area contributed by atoms with Gasteiger partial charge in [0, 0.05) is 35.7 Å². The lowest BCUT2D eigenvalue weighted by molar-refractivity contribution is 0.156. The molecular formula is C26H24Cl3N3. The van der Waals surface area contributed by atoms with Crippen molar-refractivity contribution >= 4 is 40.5 Å². The quantitative estimate of drug-likeness (QED) is 0.375. The summed E-state index contributed by atoms with van der Waals surface area (Å²) in [6.45, 7) is 4.80.